The molecule has 172 valence electrons. The number of fused-ring (bicyclic) bond motifs is 1. The molecule has 6 aliphatic rings. The molecule has 2 unspecified atom stereocenters. The minimum Gasteiger partial charge on any atom is -0.310 e. The number of carbonyl (C=O) groups is 2. The van der Waals surface area contributed by atoms with E-state index in [2.05, 4.69) is 5.10 Å². The molecule has 4 aliphatic carbocycles. The van der Waals surface area contributed by atoms with Crippen LogP contribution >= 0.6 is 0 Å². The summed E-state index contributed by atoms with van der Waals surface area (Å²) in [6, 6.07) is 2.61. The Bertz CT molecular complexity index is 1130. The number of alkyl halides is 2. The zero-order valence-electron chi connectivity index (χ0n) is 17.6. The van der Waals surface area contributed by atoms with Crippen molar-refractivity contribution in [2.24, 2.45) is 21.8 Å². The molecule has 9 heteroatoms. The maximum Gasteiger partial charge on any atom is 0.333 e. The van der Waals surface area contributed by atoms with Gasteiger partial charge >= 0.3 is 5.92 Å². The number of amides is 2. The van der Waals surface area contributed by atoms with E-state index in [1.165, 1.54) is 22.0 Å². The molecule has 2 amide bonds. The fraction of sp³-hybridized carbons (Fsp3) is 0.458. The molecule has 7 rings (SSSR count). The first-order valence-corrected chi connectivity index (χ1v) is 11.0. The van der Waals surface area contributed by atoms with Crippen molar-refractivity contribution in [3.8, 4) is 0 Å². The maximum absolute atomic E-state index is 14.5. The Labute approximate surface area is 187 Å². The summed E-state index contributed by atoms with van der Waals surface area (Å²) in [4.78, 5) is 27.0. The lowest BCUT2D eigenvalue weighted by molar-refractivity contribution is -0.222. The molecule has 1 saturated heterocycles. The smallest absolute Gasteiger partial charge is 0.310 e. The molecule has 2 heterocycles. The van der Waals surface area contributed by atoms with E-state index in [0.717, 1.165) is 6.07 Å². The molecule has 2 atom stereocenters. The molecular weight excluding hydrogens is 438 g/mol. The number of nitrogens with zero attached hydrogens (tertiary/aromatic N) is 3. The van der Waals surface area contributed by atoms with Crippen LogP contribution in [-0.4, -0.2) is 40.4 Å². The number of hydrogen-bond donors (Lipinski definition) is 0. The van der Waals surface area contributed by atoms with Gasteiger partial charge in [-0.2, -0.15) is 13.9 Å². The Hall–Kier alpha value is -2.97. The van der Waals surface area contributed by atoms with Gasteiger partial charge in [0.25, 0.3) is 5.91 Å². The summed E-state index contributed by atoms with van der Waals surface area (Å²) in [7, 11) is 0. The summed E-state index contributed by atoms with van der Waals surface area (Å²) in [5.41, 5.74) is -0.317. The molecule has 3 saturated carbocycles. The van der Waals surface area contributed by atoms with Crippen molar-refractivity contribution in [1.82, 2.24) is 9.91 Å². The van der Waals surface area contributed by atoms with Crippen LogP contribution in [0.25, 0.3) is 0 Å². The average molecular weight is 459 g/mol. The van der Waals surface area contributed by atoms with Crippen LogP contribution in [0.1, 0.15) is 43.7 Å². The molecule has 0 N–H and O–H groups in total. The predicted molar refractivity (Wildman–Crippen MR) is 110 cm³/mol. The van der Waals surface area contributed by atoms with Gasteiger partial charge < -0.3 is 4.90 Å². The van der Waals surface area contributed by atoms with E-state index in [1.807, 2.05) is 0 Å². The molecule has 0 aromatic heterocycles. The first-order chi connectivity index (χ1) is 15.6. The number of allylic oxidation sites excluding steroid dienone is 4. The van der Waals surface area contributed by atoms with Gasteiger partial charge in [-0.15, -0.1) is 0 Å². The highest BCUT2D eigenvalue weighted by Crippen LogP contribution is 2.74. The summed E-state index contributed by atoms with van der Waals surface area (Å²) < 4.78 is 56.4. The Morgan fingerprint density at radius 3 is 2.48 bits per heavy atom. The first kappa shape index (κ1) is 20.6. The highest BCUT2D eigenvalue weighted by Gasteiger charge is 2.74. The molecule has 4 fully saturated rings. The van der Waals surface area contributed by atoms with Crippen LogP contribution in [0.15, 0.2) is 47.2 Å². The summed E-state index contributed by atoms with van der Waals surface area (Å²) in [5, 5.41) is 5.47. The summed E-state index contributed by atoms with van der Waals surface area (Å²) >= 11 is 0. The third kappa shape index (κ3) is 2.80. The maximum atomic E-state index is 14.5. The van der Waals surface area contributed by atoms with Crippen LogP contribution < -0.4 is 0 Å². The fourth-order valence-corrected chi connectivity index (χ4v) is 6.46. The topological polar surface area (TPSA) is 53.0 Å². The van der Waals surface area contributed by atoms with Crippen molar-refractivity contribution in [3.63, 3.8) is 0 Å². The number of rotatable bonds is 4. The summed E-state index contributed by atoms with van der Waals surface area (Å²) in [6.07, 6.45) is 8.42. The zero-order valence-corrected chi connectivity index (χ0v) is 17.6. The van der Waals surface area contributed by atoms with E-state index < -0.39 is 40.8 Å². The second-order valence-electron chi connectivity index (χ2n) is 10.0. The Balaban J connectivity index is 1.17. The quantitative estimate of drug-likeness (QED) is 0.630. The summed E-state index contributed by atoms with van der Waals surface area (Å²) in [6.45, 7) is 0.175. The van der Waals surface area contributed by atoms with Crippen LogP contribution in [-0.2, 0) is 9.59 Å². The number of hydrazone groups is 1. The van der Waals surface area contributed by atoms with Crippen LogP contribution in [0.4, 0.5) is 17.6 Å². The second-order valence-corrected chi connectivity index (χ2v) is 10.0. The third-order valence-corrected chi connectivity index (χ3v) is 7.81. The summed E-state index contributed by atoms with van der Waals surface area (Å²) in [5.74, 6) is -7.35. The minimum atomic E-state index is -3.41. The lowest BCUT2D eigenvalue weighted by Gasteiger charge is -2.70. The van der Waals surface area contributed by atoms with Crippen molar-refractivity contribution in [2.75, 3.05) is 6.54 Å². The molecule has 0 radical (unpaired) electrons. The van der Waals surface area contributed by atoms with Crippen molar-refractivity contribution < 1.29 is 27.2 Å². The standard InChI is InChI=1S/C24H21F4N3O2/c25-15-7-14(8-16(26)9-15)18-5-6-29-31(18)20(32)23-10-22(11-23,12-23)13-30-19-4-2-1-3-17(19)24(27,28)21(30)33/h1-2,4,6-9,17-18H,3,5,10-13H2. The SMILES string of the molecule is O=C(N1N=CCC1c1cc(F)cc(F)c1)C12CC(CN3C(=O)C(F)(F)C4CC=CC=C43)(C1)C2. The number of carbonyl (C=O) groups excluding carboxylic acids is 2. The van der Waals surface area contributed by atoms with E-state index in [0.29, 0.717) is 36.9 Å². The zero-order chi connectivity index (χ0) is 23.2. The van der Waals surface area contributed by atoms with Gasteiger partial charge in [0.05, 0.1) is 17.4 Å². The number of benzene rings is 1. The lowest BCUT2D eigenvalue weighted by Crippen LogP contribution is -2.70. The normalized spacial score (nSPS) is 35.3. The third-order valence-electron chi connectivity index (χ3n) is 7.81. The predicted octanol–water partition coefficient (Wildman–Crippen LogP) is 4.33. The van der Waals surface area contributed by atoms with Gasteiger partial charge in [-0.3, -0.25) is 9.59 Å². The number of likely N-dealkylation sites (tertiary alicyclic amines) is 1. The molecule has 0 spiro atoms. The van der Waals surface area contributed by atoms with Crippen molar-refractivity contribution in [1.29, 1.82) is 0 Å². The van der Waals surface area contributed by atoms with Gasteiger partial charge in [-0.05, 0) is 54.9 Å². The van der Waals surface area contributed by atoms with E-state index in [1.54, 1.807) is 24.4 Å². The van der Waals surface area contributed by atoms with Crippen molar-refractivity contribution in [3.05, 3.63) is 59.3 Å². The highest BCUT2D eigenvalue weighted by atomic mass is 19.3. The second kappa shape index (κ2) is 6.55. The molecule has 2 aliphatic heterocycles. The Kier molecular flexibility index (Phi) is 4.09. The van der Waals surface area contributed by atoms with Crippen LogP contribution in [0, 0.1) is 28.4 Å². The van der Waals surface area contributed by atoms with Gasteiger partial charge in [0.2, 0.25) is 5.91 Å². The molecular formula is C24H21F4N3O2. The van der Waals surface area contributed by atoms with Gasteiger partial charge in [0, 0.05) is 30.9 Å². The van der Waals surface area contributed by atoms with Gasteiger partial charge in [0.15, 0.2) is 0 Å². The van der Waals surface area contributed by atoms with Crippen LogP contribution in [0.5, 0.6) is 0 Å². The number of halogens is 4. The number of hydrogen-bond acceptors (Lipinski definition) is 3. The largest absolute Gasteiger partial charge is 0.333 e. The van der Waals surface area contributed by atoms with Gasteiger partial charge in [-0.1, -0.05) is 12.2 Å². The van der Waals surface area contributed by atoms with E-state index in [-0.39, 0.29) is 24.3 Å². The Morgan fingerprint density at radius 1 is 1.09 bits per heavy atom. The lowest BCUT2D eigenvalue weighted by atomic mass is 9.34. The molecule has 2 bridgehead atoms. The molecule has 1 aromatic carbocycles. The monoisotopic (exact) mass is 459 g/mol. The van der Waals surface area contributed by atoms with E-state index >= 15 is 0 Å². The first-order valence-electron chi connectivity index (χ1n) is 11.0. The molecule has 1 aromatic rings. The van der Waals surface area contributed by atoms with Gasteiger partial charge in [0.1, 0.15) is 11.6 Å². The van der Waals surface area contributed by atoms with E-state index in [9.17, 15) is 27.2 Å². The average Bonchev–Trinajstić information content (AvgIpc) is 3.26. The molecule has 33 heavy (non-hydrogen) atoms. The van der Waals surface area contributed by atoms with Crippen molar-refractivity contribution in [2.45, 2.75) is 44.1 Å². The minimum absolute atomic E-state index is 0.130. The molecule has 5 nitrogen and oxygen atoms in total. The van der Waals surface area contributed by atoms with Crippen molar-refractivity contribution >= 4 is 18.0 Å². The Morgan fingerprint density at radius 2 is 1.79 bits per heavy atom. The van der Waals surface area contributed by atoms with Crippen LogP contribution in [0.3, 0.4) is 0 Å². The van der Waals surface area contributed by atoms with E-state index in [4.69, 9.17) is 0 Å². The van der Waals surface area contributed by atoms with Gasteiger partial charge in [-0.25, -0.2) is 13.8 Å². The highest BCUT2D eigenvalue weighted by molar-refractivity contribution is 5.91. The van der Waals surface area contributed by atoms with Crippen LogP contribution in [0.2, 0.25) is 0 Å². The fourth-order valence-electron chi connectivity index (χ4n) is 6.46.